The lowest BCUT2D eigenvalue weighted by Gasteiger charge is -2.28. The molecule has 0 bridgehead atoms. The molecule has 0 radical (unpaired) electrons. The van der Waals surface area contributed by atoms with Crippen LogP contribution in [0, 0.1) is 0 Å². The molecular weight excluding hydrogens is 462 g/mol. The van der Waals surface area contributed by atoms with Gasteiger partial charge in [0.05, 0.1) is 24.4 Å². The van der Waals surface area contributed by atoms with Gasteiger partial charge in [-0.3, -0.25) is 4.79 Å². The number of carbonyl (C=O) groups excluding carboxylic acids is 1. The van der Waals surface area contributed by atoms with E-state index >= 15 is 0 Å². The predicted octanol–water partition coefficient (Wildman–Crippen LogP) is 3.11. The van der Waals surface area contributed by atoms with Gasteiger partial charge < -0.3 is 9.64 Å². The average molecular weight is 486 g/mol. The van der Waals surface area contributed by atoms with Gasteiger partial charge in [-0.05, 0) is 37.0 Å². The van der Waals surface area contributed by atoms with E-state index in [1.54, 1.807) is 18.9 Å². The zero-order valence-electron chi connectivity index (χ0n) is 16.5. The second-order valence-corrected chi connectivity index (χ2v) is 13.0. The van der Waals surface area contributed by atoms with Crippen LogP contribution in [0.1, 0.15) is 24.8 Å². The van der Waals surface area contributed by atoms with Crippen molar-refractivity contribution < 1.29 is 17.9 Å². The van der Waals surface area contributed by atoms with E-state index in [2.05, 4.69) is 10.2 Å². The van der Waals surface area contributed by atoms with Crippen LogP contribution in [-0.4, -0.2) is 65.9 Å². The van der Waals surface area contributed by atoms with Gasteiger partial charge in [0.25, 0.3) is 0 Å². The van der Waals surface area contributed by atoms with E-state index in [1.165, 1.54) is 28.7 Å². The SMILES string of the molecule is COc1ccc(CSc2nnc(SCC(=O)N(C3CC3)C3CCS(=O)(=O)C3)s2)cc1. The van der Waals surface area contributed by atoms with Crippen LogP contribution in [0.25, 0.3) is 0 Å². The lowest BCUT2D eigenvalue weighted by molar-refractivity contribution is -0.130. The number of benzene rings is 1. The van der Waals surface area contributed by atoms with Crippen LogP contribution in [0.15, 0.2) is 32.9 Å². The molecule has 11 heteroatoms. The Hall–Kier alpha value is -1.30. The molecule has 1 amide bonds. The van der Waals surface area contributed by atoms with Crippen LogP contribution in [0.5, 0.6) is 5.75 Å². The summed E-state index contributed by atoms with van der Waals surface area (Å²) in [7, 11) is -1.36. The standard InChI is InChI=1S/C19H23N3O4S4/c1-26-16-6-2-13(3-7-16)10-27-18-20-21-19(29-18)28-11-17(23)22(14-4-5-14)15-8-9-30(24,25)12-15/h2-3,6-7,14-15H,4-5,8-12H2,1H3. The van der Waals surface area contributed by atoms with Crippen LogP contribution in [0.4, 0.5) is 0 Å². The molecule has 7 nitrogen and oxygen atoms in total. The summed E-state index contributed by atoms with van der Waals surface area (Å²) in [6, 6.07) is 7.96. The van der Waals surface area contributed by atoms with Crippen molar-refractivity contribution in [3.63, 3.8) is 0 Å². The van der Waals surface area contributed by atoms with Crippen molar-refractivity contribution in [2.24, 2.45) is 0 Å². The summed E-state index contributed by atoms with van der Waals surface area (Å²) in [6.07, 6.45) is 2.50. The zero-order chi connectivity index (χ0) is 21.1. The van der Waals surface area contributed by atoms with Crippen LogP contribution < -0.4 is 4.74 Å². The third kappa shape index (κ3) is 5.68. The number of thioether (sulfide) groups is 2. The van der Waals surface area contributed by atoms with E-state index in [9.17, 15) is 13.2 Å². The highest BCUT2D eigenvalue weighted by atomic mass is 32.2. The first kappa shape index (κ1) is 21.9. The van der Waals surface area contributed by atoms with Gasteiger partial charge >= 0.3 is 0 Å². The Morgan fingerprint density at radius 2 is 1.83 bits per heavy atom. The Morgan fingerprint density at radius 3 is 2.43 bits per heavy atom. The van der Waals surface area contributed by atoms with Crippen molar-refractivity contribution in [1.82, 2.24) is 15.1 Å². The molecule has 1 aliphatic heterocycles. The maximum atomic E-state index is 12.8. The molecule has 1 unspecified atom stereocenters. The van der Waals surface area contributed by atoms with Crippen molar-refractivity contribution in [3.05, 3.63) is 29.8 Å². The van der Waals surface area contributed by atoms with Gasteiger partial charge in [-0.25, -0.2) is 8.42 Å². The maximum absolute atomic E-state index is 12.8. The molecule has 1 saturated heterocycles. The third-order valence-corrected chi connectivity index (χ3v) is 10.1. The molecule has 0 spiro atoms. The van der Waals surface area contributed by atoms with Gasteiger partial charge in [0.15, 0.2) is 18.5 Å². The smallest absolute Gasteiger partial charge is 0.233 e. The average Bonchev–Trinajstić information content (AvgIpc) is 3.34. The van der Waals surface area contributed by atoms with Gasteiger partial charge in [-0.1, -0.05) is 47.0 Å². The number of nitrogens with zero attached hydrogens (tertiary/aromatic N) is 3. The fourth-order valence-electron chi connectivity index (χ4n) is 3.43. The van der Waals surface area contributed by atoms with Crippen molar-refractivity contribution >= 4 is 50.6 Å². The van der Waals surface area contributed by atoms with E-state index in [0.717, 1.165) is 33.0 Å². The lowest BCUT2D eigenvalue weighted by atomic mass is 10.2. The largest absolute Gasteiger partial charge is 0.497 e. The van der Waals surface area contributed by atoms with E-state index in [1.807, 2.05) is 29.2 Å². The molecule has 2 fully saturated rings. The number of sulfone groups is 1. The monoisotopic (exact) mass is 485 g/mol. The first-order valence-electron chi connectivity index (χ1n) is 9.67. The molecule has 1 atom stereocenters. The Balaban J connectivity index is 1.28. The zero-order valence-corrected chi connectivity index (χ0v) is 19.8. The highest BCUT2D eigenvalue weighted by Crippen LogP contribution is 2.35. The molecule has 2 heterocycles. The topological polar surface area (TPSA) is 89.5 Å². The van der Waals surface area contributed by atoms with Gasteiger partial charge in [0, 0.05) is 17.8 Å². The molecular formula is C19H23N3O4S4. The molecule has 1 saturated carbocycles. The number of ether oxygens (including phenoxy) is 1. The van der Waals surface area contributed by atoms with E-state index < -0.39 is 9.84 Å². The van der Waals surface area contributed by atoms with Crippen LogP contribution >= 0.6 is 34.9 Å². The minimum Gasteiger partial charge on any atom is -0.497 e. The number of amides is 1. The van der Waals surface area contributed by atoms with Crippen molar-refractivity contribution in [3.8, 4) is 5.75 Å². The van der Waals surface area contributed by atoms with E-state index in [4.69, 9.17) is 4.74 Å². The minimum atomic E-state index is -3.01. The second kappa shape index (κ2) is 9.46. The summed E-state index contributed by atoms with van der Waals surface area (Å²) >= 11 is 4.48. The number of aromatic nitrogens is 2. The number of rotatable bonds is 9. The Labute approximate surface area is 188 Å². The summed E-state index contributed by atoms with van der Waals surface area (Å²) in [5.74, 6) is 2.18. The van der Waals surface area contributed by atoms with Crippen LogP contribution in [0.2, 0.25) is 0 Å². The first-order valence-corrected chi connectivity index (χ1v) is 14.3. The number of carbonyl (C=O) groups is 1. The molecule has 1 aromatic heterocycles. The quantitative estimate of drug-likeness (QED) is 0.501. The fourth-order valence-corrected chi connectivity index (χ4v) is 7.99. The molecule has 4 rings (SSSR count). The van der Waals surface area contributed by atoms with Crippen molar-refractivity contribution in [2.75, 3.05) is 24.4 Å². The molecule has 1 aromatic carbocycles. The number of hydrogen-bond acceptors (Lipinski definition) is 9. The highest BCUT2D eigenvalue weighted by Gasteiger charge is 2.41. The summed E-state index contributed by atoms with van der Waals surface area (Å²) in [5.41, 5.74) is 1.17. The van der Waals surface area contributed by atoms with Gasteiger partial charge in [0.1, 0.15) is 5.75 Å². The molecule has 2 aliphatic rings. The number of hydrogen-bond donors (Lipinski definition) is 0. The Bertz CT molecular complexity index is 989. The van der Waals surface area contributed by atoms with Crippen LogP contribution in [-0.2, 0) is 20.4 Å². The molecule has 2 aromatic rings. The van der Waals surface area contributed by atoms with Gasteiger partial charge in [-0.15, -0.1) is 10.2 Å². The third-order valence-electron chi connectivity index (χ3n) is 5.06. The van der Waals surface area contributed by atoms with Gasteiger partial charge in [-0.2, -0.15) is 0 Å². The molecule has 1 aliphatic carbocycles. The Kier molecular flexibility index (Phi) is 6.91. The van der Waals surface area contributed by atoms with Gasteiger partial charge in [0.2, 0.25) is 5.91 Å². The summed E-state index contributed by atoms with van der Waals surface area (Å²) in [4.78, 5) is 14.6. The molecule has 162 valence electrons. The normalized spacial score (nSPS) is 20.2. The maximum Gasteiger partial charge on any atom is 0.233 e. The molecule has 0 N–H and O–H groups in total. The highest BCUT2D eigenvalue weighted by molar-refractivity contribution is 8.03. The van der Waals surface area contributed by atoms with E-state index in [-0.39, 0.29) is 35.2 Å². The summed E-state index contributed by atoms with van der Waals surface area (Å²) in [6.45, 7) is 0. The second-order valence-electron chi connectivity index (χ2n) is 7.35. The Morgan fingerprint density at radius 1 is 1.13 bits per heavy atom. The summed E-state index contributed by atoms with van der Waals surface area (Å²) < 4.78 is 30.4. The minimum absolute atomic E-state index is 0.00670. The fraction of sp³-hybridized carbons (Fsp3) is 0.526. The van der Waals surface area contributed by atoms with Crippen LogP contribution in [0.3, 0.4) is 0 Å². The first-order chi connectivity index (χ1) is 14.4. The van der Waals surface area contributed by atoms with Crippen molar-refractivity contribution in [2.45, 2.75) is 45.8 Å². The summed E-state index contributed by atoms with van der Waals surface area (Å²) in [5, 5.41) is 8.41. The number of methoxy groups -OCH3 is 1. The predicted molar refractivity (Wildman–Crippen MR) is 120 cm³/mol. The van der Waals surface area contributed by atoms with E-state index in [0.29, 0.717) is 6.42 Å². The molecule has 30 heavy (non-hydrogen) atoms. The lowest BCUT2D eigenvalue weighted by Crippen LogP contribution is -2.43. The van der Waals surface area contributed by atoms with Crippen molar-refractivity contribution in [1.29, 1.82) is 0 Å².